The molecule has 0 saturated carbocycles. The molecule has 0 amide bonds. The van der Waals surface area contributed by atoms with Gasteiger partial charge in [-0.25, -0.2) is 0 Å². The molecule has 1 heterocycles. The van der Waals surface area contributed by atoms with Crippen molar-refractivity contribution in [2.45, 2.75) is 26.3 Å². The second kappa shape index (κ2) is 4.88. The summed E-state index contributed by atoms with van der Waals surface area (Å²) in [6.07, 6.45) is 3.00. The van der Waals surface area contributed by atoms with Crippen molar-refractivity contribution in [2.75, 3.05) is 6.54 Å². The Balaban J connectivity index is 2.48. The van der Waals surface area contributed by atoms with Crippen LogP contribution in [0.1, 0.15) is 32.0 Å². The molecule has 0 aliphatic rings. The van der Waals surface area contributed by atoms with Gasteiger partial charge in [-0.05, 0) is 32.0 Å². The Bertz CT molecular complexity index is 208. The predicted octanol–water partition coefficient (Wildman–Crippen LogP) is 2.14. The first-order valence-corrected chi connectivity index (χ1v) is 4.49. The van der Waals surface area contributed by atoms with Crippen LogP contribution < -0.4 is 5.32 Å². The molecule has 1 atom stereocenters. The topological polar surface area (TPSA) is 24.9 Å². The molecule has 1 rings (SSSR count). The molecule has 1 aromatic heterocycles. The van der Waals surface area contributed by atoms with Crippen LogP contribution in [0, 0.1) is 0 Å². The van der Waals surface area contributed by atoms with Gasteiger partial charge >= 0.3 is 0 Å². The van der Waals surface area contributed by atoms with Crippen molar-refractivity contribution in [3.63, 3.8) is 0 Å². The van der Waals surface area contributed by atoms with E-state index in [9.17, 15) is 0 Å². The summed E-state index contributed by atoms with van der Waals surface area (Å²) in [5.41, 5.74) is 1.12. The van der Waals surface area contributed by atoms with Gasteiger partial charge in [0.05, 0.1) is 5.69 Å². The minimum absolute atomic E-state index is 0.367. The van der Waals surface area contributed by atoms with Crippen LogP contribution in [0.4, 0.5) is 0 Å². The van der Waals surface area contributed by atoms with Crippen LogP contribution in [-0.4, -0.2) is 11.5 Å². The highest BCUT2D eigenvalue weighted by Crippen LogP contribution is 2.06. The summed E-state index contributed by atoms with van der Waals surface area (Å²) in [7, 11) is 0. The summed E-state index contributed by atoms with van der Waals surface area (Å²) in [4.78, 5) is 4.27. The van der Waals surface area contributed by atoms with Gasteiger partial charge in [-0.3, -0.25) is 4.98 Å². The molecular formula is C10H16N2. The SMILES string of the molecule is CCCNC(C)c1ccccn1. The van der Waals surface area contributed by atoms with E-state index in [1.807, 2.05) is 24.4 Å². The van der Waals surface area contributed by atoms with E-state index in [2.05, 4.69) is 24.1 Å². The Hall–Kier alpha value is -0.890. The van der Waals surface area contributed by atoms with Gasteiger partial charge in [0.25, 0.3) is 0 Å². The molecule has 1 N–H and O–H groups in total. The van der Waals surface area contributed by atoms with Crippen molar-refractivity contribution in [3.8, 4) is 0 Å². The zero-order chi connectivity index (χ0) is 8.81. The molecule has 0 aliphatic heterocycles. The molecule has 0 radical (unpaired) electrons. The van der Waals surface area contributed by atoms with Crippen LogP contribution in [0.5, 0.6) is 0 Å². The van der Waals surface area contributed by atoms with Crippen LogP contribution in [0.25, 0.3) is 0 Å². The summed E-state index contributed by atoms with van der Waals surface area (Å²) in [6, 6.07) is 6.38. The number of hydrogen-bond donors (Lipinski definition) is 1. The molecule has 1 unspecified atom stereocenters. The maximum absolute atomic E-state index is 4.27. The van der Waals surface area contributed by atoms with E-state index in [1.165, 1.54) is 0 Å². The summed E-state index contributed by atoms with van der Waals surface area (Å²) in [5, 5.41) is 3.39. The van der Waals surface area contributed by atoms with E-state index in [0.717, 1.165) is 18.7 Å². The highest BCUT2D eigenvalue weighted by Gasteiger charge is 2.02. The molecule has 2 nitrogen and oxygen atoms in total. The molecule has 1 aromatic rings. The Morgan fingerprint density at radius 3 is 2.92 bits per heavy atom. The van der Waals surface area contributed by atoms with E-state index in [0.29, 0.717) is 6.04 Å². The van der Waals surface area contributed by atoms with Crippen molar-refractivity contribution in [3.05, 3.63) is 30.1 Å². The number of rotatable bonds is 4. The van der Waals surface area contributed by atoms with Gasteiger partial charge in [-0.1, -0.05) is 13.0 Å². The molecule has 2 heteroatoms. The summed E-state index contributed by atoms with van der Waals surface area (Å²) in [5.74, 6) is 0. The Kier molecular flexibility index (Phi) is 3.74. The minimum Gasteiger partial charge on any atom is -0.309 e. The molecule has 0 aliphatic carbocycles. The van der Waals surface area contributed by atoms with Crippen molar-refractivity contribution in [1.29, 1.82) is 0 Å². The third-order valence-electron chi connectivity index (χ3n) is 1.83. The standard InChI is InChI=1S/C10H16N2/c1-3-7-11-9(2)10-6-4-5-8-12-10/h4-6,8-9,11H,3,7H2,1-2H3. The van der Waals surface area contributed by atoms with E-state index < -0.39 is 0 Å². The summed E-state index contributed by atoms with van der Waals surface area (Å²) in [6.45, 7) is 5.36. The second-order valence-electron chi connectivity index (χ2n) is 2.93. The Morgan fingerprint density at radius 2 is 2.33 bits per heavy atom. The van der Waals surface area contributed by atoms with Crippen LogP contribution >= 0.6 is 0 Å². The Labute approximate surface area is 74.0 Å². The fourth-order valence-corrected chi connectivity index (χ4v) is 1.10. The van der Waals surface area contributed by atoms with Crippen molar-refractivity contribution in [1.82, 2.24) is 10.3 Å². The number of nitrogens with one attached hydrogen (secondary N) is 1. The first kappa shape index (κ1) is 9.20. The fourth-order valence-electron chi connectivity index (χ4n) is 1.10. The minimum atomic E-state index is 0.367. The molecule has 0 aromatic carbocycles. The first-order valence-electron chi connectivity index (χ1n) is 4.49. The highest BCUT2D eigenvalue weighted by molar-refractivity contribution is 5.07. The number of nitrogens with zero attached hydrogens (tertiary/aromatic N) is 1. The third-order valence-corrected chi connectivity index (χ3v) is 1.83. The smallest absolute Gasteiger partial charge is 0.0570 e. The zero-order valence-corrected chi connectivity index (χ0v) is 7.75. The summed E-state index contributed by atoms with van der Waals surface area (Å²) >= 11 is 0. The van der Waals surface area contributed by atoms with Gasteiger partial charge in [0.15, 0.2) is 0 Å². The van der Waals surface area contributed by atoms with Gasteiger partial charge in [0.1, 0.15) is 0 Å². The highest BCUT2D eigenvalue weighted by atomic mass is 14.9. The van der Waals surface area contributed by atoms with Gasteiger partial charge < -0.3 is 5.32 Å². The lowest BCUT2D eigenvalue weighted by atomic mass is 10.2. The second-order valence-corrected chi connectivity index (χ2v) is 2.93. The lowest BCUT2D eigenvalue weighted by Gasteiger charge is -2.11. The normalized spacial score (nSPS) is 12.8. The molecule has 0 fully saturated rings. The van der Waals surface area contributed by atoms with E-state index in [1.54, 1.807) is 0 Å². The van der Waals surface area contributed by atoms with E-state index in [4.69, 9.17) is 0 Å². The monoisotopic (exact) mass is 164 g/mol. The first-order chi connectivity index (χ1) is 5.84. The summed E-state index contributed by atoms with van der Waals surface area (Å²) < 4.78 is 0. The molecular weight excluding hydrogens is 148 g/mol. The zero-order valence-electron chi connectivity index (χ0n) is 7.75. The van der Waals surface area contributed by atoms with E-state index in [-0.39, 0.29) is 0 Å². The largest absolute Gasteiger partial charge is 0.309 e. The molecule has 0 bridgehead atoms. The average molecular weight is 164 g/mol. The predicted molar refractivity (Wildman–Crippen MR) is 50.9 cm³/mol. The van der Waals surface area contributed by atoms with Crippen LogP contribution in [0.3, 0.4) is 0 Å². The van der Waals surface area contributed by atoms with Gasteiger partial charge in [0, 0.05) is 12.2 Å². The lowest BCUT2D eigenvalue weighted by Crippen LogP contribution is -2.19. The van der Waals surface area contributed by atoms with Gasteiger partial charge in [0.2, 0.25) is 0 Å². The van der Waals surface area contributed by atoms with Gasteiger partial charge in [-0.15, -0.1) is 0 Å². The molecule has 12 heavy (non-hydrogen) atoms. The quantitative estimate of drug-likeness (QED) is 0.737. The number of hydrogen-bond acceptors (Lipinski definition) is 2. The van der Waals surface area contributed by atoms with Crippen LogP contribution in [0.2, 0.25) is 0 Å². The van der Waals surface area contributed by atoms with E-state index >= 15 is 0 Å². The third kappa shape index (κ3) is 2.62. The van der Waals surface area contributed by atoms with Crippen molar-refractivity contribution < 1.29 is 0 Å². The molecule has 0 spiro atoms. The Morgan fingerprint density at radius 1 is 1.50 bits per heavy atom. The van der Waals surface area contributed by atoms with Crippen molar-refractivity contribution in [2.24, 2.45) is 0 Å². The number of aromatic nitrogens is 1. The van der Waals surface area contributed by atoms with Crippen LogP contribution in [0.15, 0.2) is 24.4 Å². The number of pyridine rings is 1. The maximum Gasteiger partial charge on any atom is 0.0570 e. The van der Waals surface area contributed by atoms with Crippen molar-refractivity contribution >= 4 is 0 Å². The molecule has 66 valence electrons. The van der Waals surface area contributed by atoms with Gasteiger partial charge in [-0.2, -0.15) is 0 Å². The average Bonchev–Trinajstić information content (AvgIpc) is 2.15. The molecule has 0 saturated heterocycles. The van der Waals surface area contributed by atoms with Crippen LogP contribution in [-0.2, 0) is 0 Å². The fraction of sp³-hybridized carbons (Fsp3) is 0.500. The maximum atomic E-state index is 4.27. The lowest BCUT2D eigenvalue weighted by molar-refractivity contribution is 0.558.